The third-order valence-corrected chi connectivity index (χ3v) is 5.43. The molecule has 31 heavy (non-hydrogen) atoms. The van der Waals surface area contributed by atoms with E-state index in [1.54, 1.807) is 21.6 Å². The van der Waals surface area contributed by atoms with Gasteiger partial charge in [-0.25, -0.2) is 0 Å². The van der Waals surface area contributed by atoms with E-state index in [2.05, 4.69) is 15.5 Å². The summed E-state index contributed by atoms with van der Waals surface area (Å²) in [6.07, 6.45) is 0. The molecule has 0 bridgehead atoms. The maximum absolute atomic E-state index is 12.8. The van der Waals surface area contributed by atoms with Gasteiger partial charge in [0.1, 0.15) is 12.6 Å². The van der Waals surface area contributed by atoms with Crippen LogP contribution in [-0.2, 0) is 22.6 Å². The van der Waals surface area contributed by atoms with E-state index in [0.717, 1.165) is 11.1 Å². The third kappa shape index (κ3) is 4.45. The summed E-state index contributed by atoms with van der Waals surface area (Å²) in [6, 6.07) is 16.4. The molecule has 0 fully saturated rings. The van der Waals surface area contributed by atoms with E-state index in [4.69, 9.17) is 16.3 Å². The number of hydrogen-bond acceptors (Lipinski definition) is 5. The Hall–Kier alpha value is -3.23. The molecule has 0 saturated carbocycles. The first kappa shape index (κ1) is 21.0. The summed E-state index contributed by atoms with van der Waals surface area (Å²) in [4.78, 5) is 27.2. The number of fused-ring (bicyclic) bond motifs is 1. The molecule has 1 N–H and O–H groups in total. The Balaban J connectivity index is 1.60. The summed E-state index contributed by atoms with van der Waals surface area (Å²) < 4.78 is 6.83. The normalized spacial score (nSPS) is 15.4. The van der Waals surface area contributed by atoms with Gasteiger partial charge in [-0.15, -0.1) is 10.2 Å². The molecule has 2 aromatic carbocycles. The number of methoxy groups -OCH3 is 1. The zero-order chi connectivity index (χ0) is 21.8. The Labute approximate surface area is 184 Å². The Morgan fingerprint density at radius 1 is 1.10 bits per heavy atom. The molecule has 1 atom stereocenters. The van der Waals surface area contributed by atoms with E-state index in [0.29, 0.717) is 30.5 Å². The van der Waals surface area contributed by atoms with Crippen LogP contribution in [0.15, 0.2) is 54.6 Å². The molecular formula is C22H22ClN5O3. The highest BCUT2D eigenvalue weighted by Gasteiger charge is 2.36. The summed E-state index contributed by atoms with van der Waals surface area (Å²) >= 11 is 5.91. The highest BCUT2D eigenvalue weighted by atomic mass is 35.5. The number of amides is 2. The lowest BCUT2D eigenvalue weighted by molar-refractivity contribution is -0.138. The quantitative estimate of drug-likeness (QED) is 0.637. The second kappa shape index (κ2) is 9.28. The van der Waals surface area contributed by atoms with Crippen molar-refractivity contribution in [3.05, 3.63) is 82.4 Å². The van der Waals surface area contributed by atoms with Gasteiger partial charge in [-0.2, -0.15) is 0 Å². The van der Waals surface area contributed by atoms with E-state index in [9.17, 15) is 9.59 Å². The minimum Gasteiger partial charge on any atom is -0.375 e. The van der Waals surface area contributed by atoms with Crippen molar-refractivity contribution in [1.82, 2.24) is 25.0 Å². The largest absolute Gasteiger partial charge is 0.375 e. The lowest BCUT2D eigenvalue weighted by atomic mass is 10.0. The number of benzene rings is 2. The number of rotatable bonds is 6. The molecule has 0 spiro atoms. The average Bonchev–Trinajstić information content (AvgIpc) is 3.23. The molecule has 0 saturated heterocycles. The molecule has 2 amide bonds. The van der Waals surface area contributed by atoms with Crippen molar-refractivity contribution in [2.24, 2.45) is 0 Å². The van der Waals surface area contributed by atoms with Crippen LogP contribution in [0.4, 0.5) is 0 Å². The maximum Gasteiger partial charge on any atom is 0.289 e. The number of nitrogens with one attached hydrogen (secondary N) is 1. The van der Waals surface area contributed by atoms with Crippen molar-refractivity contribution in [2.75, 3.05) is 20.3 Å². The van der Waals surface area contributed by atoms with Gasteiger partial charge in [-0.05, 0) is 23.3 Å². The zero-order valence-corrected chi connectivity index (χ0v) is 17.7. The molecule has 2 heterocycles. The first-order chi connectivity index (χ1) is 15.1. The second-order valence-electron chi connectivity index (χ2n) is 7.18. The van der Waals surface area contributed by atoms with Crippen LogP contribution in [0.1, 0.15) is 33.6 Å². The van der Waals surface area contributed by atoms with E-state index >= 15 is 0 Å². The molecule has 0 aliphatic carbocycles. The van der Waals surface area contributed by atoms with Crippen molar-refractivity contribution in [1.29, 1.82) is 0 Å². The maximum atomic E-state index is 12.8. The Bertz CT molecular complexity index is 1070. The van der Waals surface area contributed by atoms with Crippen LogP contribution in [0.2, 0.25) is 5.02 Å². The van der Waals surface area contributed by atoms with Gasteiger partial charge in [0.2, 0.25) is 11.7 Å². The summed E-state index contributed by atoms with van der Waals surface area (Å²) in [5, 5.41) is 12.0. The number of halogens is 1. The smallest absolute Gasteiger partial charge is 0.289 e. The predicted octanol–water partition coefficient (Wildman–Crippen LogP) is 2.44. The van der Waals surface area contributed by atoms with Crippen LogP contribution >= 0.6 is 11.6 Å². The van der Waals surface area contributed by atoms with E-state index in [1.165, 1.54) is 7.11 Å². The fraction of sp³-hybridized carbons (Fsp3) is 0.273. The SMILES string of the molecule is COCC(=O)N1CCn2c(C(=O)NCc3ccc(Cl)cc3)nnc2[C@@H]1c1ccccc1. The van der Waals surface area contributed by atoms with Gasteiger partial charge < -0.3 is 19.5 Å². The van der Waals surface area contributed by atoms with E-state index in [1.807, 2.05) is 42.5 Å². The number of hydrogen-bond donors (Lipinski definition) is 1. The molecular weight excluding hydrogens is 418 g/mol. The van der Waals surface area contributed by atoms with Crippen molar-refractivity contribution in [3.63, 3.8) is 0 Å². The molecule has 1 aliphatic heterocycles. The molecule has 3 aromatic rings. The van der Waals surface area contributed by atoms with Crippen LogP contribution in [0, 0.1) is 0 Å². The molecule has 0 radical (unpaired) electrons. The predicted molar refractivity (Wildman–Crippen MR) is 115 cm³/mol. The summed E-state index contributed by atoms with van der Waals surface area (Å²) in [6.45, 7) is 1.17. The summed E-state index contributed by atoms with van der Waals surface area (Å²) in [5.41, 5.74) is 1.82. The topological polar surface area (TPSA) is 89.4 Å². The van der Waals surface area contributed by atoms with E-state index < -0.39 is 6.04 Å². The van der Waals surface area contributed by atoms with Crippen molar-refractivity contribution >= 4 is 23.4 Å². The summed E-state index contributed by atoms with van der Waals surface area (Å²) in [5.74, 6) is 0.318. The van der Waals surface area contributed by atoms with Gasteiger partial charge in [0.15, 0.2) is 5.82 Å². The van der Waals surface area contributed by atoms with Crippen molar-refractivity contribution in [2.45, 2.75) is 19.1 Å². The number of aromatic nitrogens is 3. The van der Waals surface area contributed by atoms with Gasteiger partial charge in [-0.3, -0.25) is 9.59 Å². The lowest BCUT2D eigenvalue weighted by Crippen LogP contribution is -2.45. The molecule has 9 heteroatoms. The third-order valence-electron chi connectivity index (χ3n) is 5.17. The van der Waals surface area contributed by atoms with Crippen LogP contribution in [0.5, 0.6) is 0 Å². The van der Waals surface area contributed by atoms with Gasteiger partial charge in [0, 0.05) is 31.8 Å². The van der Waals surface area contributed by atoms with Gasteiger partial charge in [0.05, 0.1) is 0 Å². The number of carbonyl (C=O) groups excluding carboxylic acids is 2. The van der Waals surface area contributed by atoms with Crippen LogP contribution < -0.4 is 5.32 Å². The average molecular weight is 440 g/mol. The van der Waals surface area contributed by atoms with Crippen LogP contribution in [0.3, 0.4) is 0 Å². The van der Waals surface area contributed by atoms with Gasteiger partial charge >= 0.3 is 0 Å². The number of nitrogens with zero attached hydrogens (tertiary/aromatic N) is 4. The molecule has 1 aromatic heterocycles. The number of ether oxygens (including phenoxy) is 1. The second-order valence-corrected chi connectivity index (χ2v) is 7.61. The Morgan fingerprint density at radius 2 is 1.84 bits per heavy atom. The van der Waals surface area contributed by atoms with Gasteiger partial charge in [0.25, 0.3) is 5.91 Å². The number of carbonyl (C=O) groups is 2. The molecule has 160 valence electrons. The Morgan fingerprint density at radius 3 is 2.55 bits per heavy atom. The minimum atomic E-state index is -0.442. The Kier molecular flexibility index (Phi) is 6.29. The monoisotopic (exact) mass is 439 g/mol. The molecule has 0 unspecified atom stereocenters. The standard InChI is InChI=1S/C22H22ClN5O3/c1-31-14-18(29)27-11-12-28-20(19(27)16-5-3-2-4-6-16)25-26-21(28)22(30)24-13-15-7-9-17(23)10-8-15/h2-10,19H,11-14H2,1H3,(H,24,30)/t19-/m0/s1. The van der Waals surface area contributed by atoms with Crippen LogP contribution in [0.25, 0.3) is 0 Å². The minimum absolute atomic E-state index is 0.0219. The van der Waals surface area contributed by atoms with E-state index in [-0.39, 0.29) is 24.2 Å². The van der Waals surface area contributed by atoms with Gasteiger partial charge in [-0.1, -0.05) is 54.1 Å². The molecule has 1 aliphatic rings. The summed E-state index contributed by atoms with van der Waals surface area (Å²) in [7, 11) is 1.49. The molecule has 4 rings (SSSR count). The highest BCUT2D eigenvalue weighted by Crippen LogP contribution is 2.31. The first-order valence-corrected chi connectivity index (χ1v) is 10.3. The highest BCUT2D eigenvalue weighted by molar-refractivity contribution is 6.30. The fourth-order valence-corrected chi connectivity index (χ4v) is 3.81. The zero-order valence-electron chi connectivity index (χ0n) is 17.0. The van der Waals surface area contributed by atoms with Crippen molar-refractivity contribution in [3.8, 4) is 0 Å². The first-order valence-electron chi connectivity index (χ1n) is 9.87. The lowest BCUT2D eigenvalue weighted by Gasteiger charge is -2.36. The molecule has 8 nitrogen and oxygen atoms in total. The van der Waals surface area contributed by atoms with Crippen molar-refractivity contribution < 1.29 is 14.3 Å². The van der Waals surface area contributed by atoms with Crippen LogP contribution in [-0.4, -0.2) is 51.7 Å². The fourth-order valence-electron chi connectivity index (χ4n) is 3.69.